The van der Waals surface area contributed by atoms with Crippen molar-refractivity contribution in [1.82, 2.24) is 5.32 Å². The van der Waals surface area contributed by atoms with Gasteiger partial charge >= 0.3 is 0 Å². The molecule has 1 atom stereocenters. The van der Waals surface area contributed by atoms with Crippen molar-refractivity contribution >= 4 is 31.9 Å². The molecule has 0 fully saturated rings. The fourth-order valence-electron chi connectivity index (χ4n) is 2.42. The van der Waals surface area contributed by atoms with Crippen LogP contribution in [0.4, 0.5) is 4.39 Å². The molecule has 0 aliphatic heterocycles. The van der Waals surface area contributed by atoms with Gasteiger partial charge in [-0.15, -0.1) is 0 Å². The standard InChI is InChI=1S/C17H18Br2FN/c1-2-21-17(9-12-3-5-14(18)6-4-12)10-13-7-15(19)11-16(20)8-13/h3-8,11,17,21H,2,9-10H2,1H3. The van der Waals surface area contributed by atoms with Crippen LogP contribution in [0.5, 0.6) is 0 Å². The maximum Gasteiger partial charge on any atom is 0.124 e. The number of likely N-dealkylation sites (N-methyl/N-ethyl adjacent to an activating group) is 1. The van der Waals surface area contributed by atoms with E-state index in [0.717, 1.165) is 33.9 Å². The Labute approximate surface area is 142 Å². The van der Waals surface area contributed by atoms with E-state index < -0.39 is 0 Å². The highest BCUT2D eigenvalue weighted by molar-refractivity contribution is 9.10. The Morgan fingerprint density at radius 3 is 2.24 bits per heavy atom. The van der Waals surface area contributed by atoms with Crippen molar-refractivity contribution in [2.24, 2.45) is 0 Å². The topological polar surface area (TPSA) is 12.0 Å². The molecule has 0 aromatic heterocycles. The lowest BCUT2D eigenvalue weighted by atomic mass is 9.99. The first-order valence-corrected chi connectivity index (χ1v) is 8.58. The van der Waals surface area contributed by atoms with Crippen LogP contribution < -0.4 is 5.32 Å². The minimum atomic E-state index is -0.196. The fourth-order valence-corrected chi connectivity index (χ4v) is 3.20. The summed E-state index contributed by atoms with van der Waals surface area (Å²) in [6, 6.07) is 13.7. The van der Waals surface area contributed by atoms with Crippen molar-refractivity contribution in [1.29, 1.82) is 0 Å². The van der Waals surface area contributed by atoms with E-state index in [1.165, 1.54) is 11.6 Å². The largest absolute Gasteiger partial charge is 0.314 e. The van der Waals surface area contributed by atoms with Crippen molar-refractivity contribution in [2.75, 3.05) is 6.54 Å². The summed E-state index contributed by atoms with van der Waals surface area (Å²) in [6.07, 6.45) is 1.73. The SMILES string of the molecule is CCNC(Cc1ccc(Br)cc1)Cc1cc(F)cc(Br)c1. The summed E-state index contributed by atoms with van der Waals surface area (Å²) in [5, 5.41) is 3.48. The van der Waals surface area contributed by atoms with E-state index in [1.807, 2.05) is 6.07 Å². The molecule has 0 saturated heterocycles. The van der Waals surface area contributed by atoms with Gasteiger partial charge in [0.05, 0.1) is 0 Å². The molecule has 0 bridgehead atoms. The predicted octanol–water partition coefficient (Wildman–Crippen LogP) is 5.11. The van der Waals surface area contributed by atoms with E-state index in [4.69, 9.17) is 0 Å². The van der Waals surface area contributed by atoms with E-state index in [9.17, 15) is 4.39 Å². The van der Waals surface area contributed by atoms with Gasteiger partial charge in [0.15, 0.2) is 0 Å². The third-order valence-electron chi connectivity index (χ3n) is 3.29. The maximum atomic E-state index is 13.5. The third-order valence-corrected chi connectivity index (χ3v) is 4.28. The average Bonchev–Trinajstić information content (AvgIpc) is 2.40. The Morgan fingerprint density at radius 2 is 1.62 bits per heavy atom. The second kappa shape index (κ2) is 8.06. The number of benzene rings is 2. The van der Waals surface area contributed by atoms with Gasteiger partial charge in [-0.25, -0.2) is 4.39 Å². The van der Waals surface area contributed by atoms with Gasteiger partial charge in [0, 0.05) is 15.0 Å². The van der Waals surface area contributed by atoms with E-state index in [-0.39, 0.29) is 5.82 Å². The molecule has 0 aliphatic carbocycles. The normalized spacial score (nSPS) is 12.4. The van der Waals surface area contributed by atoms with Gasteiger partial charge in [-0.1, -0.05) is 50.9 Å². The summed E-state index contributed by atoms with van der Waals surface area (Å²) in [7, 11) is 0. The molecule has 0 radical (unpaired) electrons. The van der Waals surface area contributed by atoms with Gasteiger partial charge in [0.1, 0.15) is 5.82 Å². The van der Waals surface area contributed by atoms with Crippen LogP contribution >= 0.6 is 31.9 Å². The molecule has 2 aromatic rings. The molecule has 2 aromatic carbocycles. The molecule has 4 heteroatoms. The number of rotatable bonds is 6. The molecular formula is C17H18Br2FN. The Balaban J connectivity index is 2.09. The lowest BCUT2D eigenvalue weighted by molar-refractivity contribution is 0.519. The molecule has 0 saturated carbocycles. The number of nitrogens with one attached hydrogen (secondary N) is 1. The molecule has 1 nitrogen and oxygen atoms in total. The molecule has 1 unspecified atom stereocenters. The summed E-state index contributed by atoms with van der Waals surface area (Å²) in [5.74, 6) is -0.196. The Bertz CT molecular complexity index is 564. The zero-order valence-corrected chi connectivity index (χ0v) is 15.0. The van der Waals surface area contributed by atoms with Crippen LogP contribution in [0, 0.1) is 5.82 Å². The fraction of sp³-hybridized carbons (Fsp3) is 0.294. The molecule has 21 heavy (non-hydrogen) atoms. The first-order chi connectivity index (χ1) is 10.1. The van der Waals surface area contributed by atoms with Crippen LogP contribution in [0.15, 0.2) is 51.4 Å². The second-order valence-corrected chi connectivity index (χ2v) is 6.90. The van der Waals surface area contributed by atoms with Crippen LogP contribution in [-0.4, -0.2) is 12.6 Å². The summed E-state index contributed by atoms with van der Waals surface area (Å²) in [4.78, 5) is 0. The number of hydrogen-bond acceptors (Lipinski definition) is 1. The molecule has 1 N–H and O–H groups in total. The molecular weight excluding hydrogens is 397 g/mol. The summed E-state index contributed by atoms with van der Waals surface area (Å²) in [5.41, 5.74) is 2.28. The molecule has 0 spiro atoms. The lowest BCUT2D eigenvalue weighted by Gasteiger charge is -2.18. The van der Waals surface area contributed by atoms with Crippen molar-refractivity contribution in [3.05, 3.63) is 68.4 Å². The van der Waals surface area contributed by atoms with E-state index in [1.54, 1.807) is 6.07 Å². The maximum absolute atomic E-state index is 13.5. The molecule has 0 heterocycles. The Morgan fingerprint density at radius 1 is 0.952 bits per heavy atom. The highest BCUT2D eigenvalue weighted by Crippen LogP contribution is 2.18. The third kappa shape index (κ3) is 5.53. The van der Waals surface area contributed by atoms with Gasteiger partial charge in [-0.05, 0) is 60.8 Å². The number of hydrogen-bond donors (Lipinski definition) is 1. The zero-order valence-electron chi connectivity index (χ0n) is 11.9. The van der Waals surface area contributed by atoms with E-state index in [0.29, 0.717) is 6.04 Å². The molecule has 2 rings (SSSR count). The van der Waals surface area contributed by atoms with Gasteiger partial charge in [-0.2, -0.15) is 0 Å². The van der Waals surface area contributed by atoms with Crippen LogP contribution in [0.2, 0.25) is 0 Å². The molecule has 112 valence electrons. The van der Waals surface area contributed by atoms with Crippen LogP contribution in [0.1, 0.15) is 18.1 Å². The molecule has 0 amide bonds. The van der Waals surface area contributed by atoms with Gasteiger partial charge in [-0.3, -0.25) is 0 Å². The summed E-state index contributed by atoms with van der Waals surface area (Å²) in [6.45, 7) is 2.99. The predicted molar refractivity (Wildman–Crippen MR) is 93.1 cm³/mol. The second-order valence-electron chi connectivity index (χ2n) is 5.07. The van der Waals surface area contributed by atoms with Crippen molar-refractivity contribution < 1.29 is 4.39 Å². The molecule has 0 aliphatic rings. The van der Waals surface area contributed by atoms with E-state index >= 15 is 0 Å². The highest BCUT2D eigenvalue weighted by atomic mass is 79.9. The smallest absolute Gasteiger partial charge is 0.124 e. The monoisotopic (exact) mass is 413 g/mol. The van der Waals surface area contributed by atoms with Crippen LogP contribution in [0.3, 0.4) is 0 Å². The van der Waals surface area contributed by atoms with Gasteiger partial charge in [0.2, 0.25) is 0 Å². The Kier molecular flexibility index (Phi) is 6.40. The van der Waals surface area contributed by atoms with Crippen molar-refractivity contribution in [3.63, 3.8) is 0 Å². The van der Waals surface area contributed by atoms with Crippen LogP contribution in [-0.2, 0) is 12.8 Å². The quantitative estimate of drug-likeness (QED) is 0.692. The zero-order chi connectivity index (χ0) is 15.2. The first kappa shape index (κ1) is 16.7. The van der Waals surface area contributed by atoms with Crippen molar-refractivity contribution in [3.8, 4) is 0 Å². The Hall–Kier alpha value is -0.710. The van der Waals surface area contributed by atoms with E-state index in [2.05, 4.69) is 68.4 Å². The van der Waals surface area contributed by atoms with Gasteiger partial charge < -0.3 is 5.32 Å². The average molecular weight is 415 g/mol. The summed E-state index contributed by atoms with van der Waals surface area (Å²) >= 11 is 6.80. The van der Waals surface area contributed by atoms with Gasteiger partial charge in [0.25, 0.3) is 0 Å². The minimum Gasteiger partial charge on any atom is -0.314 e. The number of halogens is 3. The van der Waals surface area contributed by atoms with Crippen LogP contribution in [0.25, 0.3) is 0 Å². The van der Waals surface area contributed by atoms with Crippen molar-refractivity contribution in [2.45, 2.75) is 25.8 Å². The minimum absolute atomic E-state index is 0.196. The first-order valence-electron chi connectivity index (χ1n) is 6.99. The lowest BCUT2D eigenvalue weighted by Crippen LogP contribution is -2.33. The summed E-state index contributed by atoms with van der Waals surface area (Å²) < 4.78 is 15.4. The highest BCUT2D eigenvalue weighted by Gasteiger charge is 2.11.